The van der Waals surface area contributed by atoms with E-state index in [0.29, 0.717) is 11.7 Å². The number of hydrogen-bond donors (Lipinski definition) is 2. The molecule has 0 saturated carbocycles. The largest absolute Gasteiger partial charge is 0.444 e. The molecular weight excluding hydrogens is 249 g/mol. The Morgan fingerprint density at radius 3 is 2.84 bits per heavy atom. The molecule has 5 nitrogen and oxygen atoms in total. The summed E-state index contributed by atoms with van der Waals surface area (Å²) >= 11 is 0. The zero-order chi connectivity index (χ0) is 14.0. The molecule has 0 saturated heterocycles. The highest BCUT2D eigenvalue weighted by Gasteiger charge is 2.16. The molecule has 0 aliphatic carbocycles. The molecule has 1 atom stereocenters. The molecule has 0 radical (unpaired) electrons. The second-order valence-electron chi connectivity index (χ2n) is 4.24. The zero-order valence-corrected chi connectivity index (χ0v) is 10.6. The van der Waals surface area contributed by atoms with Crippen LogP contribution in [-0.4, -0.2) is 10.9 Å². The van der Waals surface area contributed by atoms with Gasteiger partial charge in [0.1, 0.15) is 17.6 Å². The first-order chi connectivity index (χ1) is 8.97. The minimum atomic E-state index is -0.548. The average molecular weight is 263 g/mol. The van der Waals surface area contributed by atoms with Crippen molar-refractivity contribution in [2.24, 2.45) is 0 Å². The van der Waals surface area contributed by atoms with E-state index >= 15 is 0 Å². The number of amides is 1. The van der Waals surface area contributed by atoms with Crippen LogP contribution in [-0.2, 0) is 0 Å². The summed E-state index contributed by atoms with van der Waals surface area (Å²) < 4.78 is 18.3. The lowest BCUT2D eigenvalue weighted by molar-refractivity contribution is 0.0934. The van der Waals surface area contributed by atoms with Gasteiger partial charge < -0.3 is 15.5 Å². The summed E-state index contributed by atoms with van der Waals surface area (Å²) in [5.74, 6) is 0.172. The van der Waals surface area contributed by atoms with Crippen LogP contribution < -0.4 is 11.1 Å². The maximum Gasteiger partial charge on any atom is 0.251 e. The topological polar surface area (TPSA) is 81.2 Å². The molecule has 1 unspecified atom stereocenters. The van der Waals surface area contributed by atoms with E-state index in [4.69, 9.17) is 10.2 Å². The smallest absolute Gasteiger partial charge is 0.251 e. The van der Waals surface area contributed by atoms with Crippen molar-refractivity contribution in [3.8, 4) is 0 Å². The summed E-state index contributed by atoms with van der Waals surface area (Å²) in [4.78, 5) is 16.0. The van der Waals surface area contributed by atoms with Gasteiger partial charge in [-0.05, 0) is 32.0 Å². The Kier molecular flexibility index (Phi) is 3.50. The van der Waals surface area contributed by atoms with E-state index in [9.17, 15) is 9.18 Å². The summed E-state index contributed by atoms with van der Waals surface area (Å²) in [5, 5.41) is 2.70. The van der Waals surface area contributed by atoms with Gasteiger partial charge in [-0.3, -0.25) is 4.79 Å². The summed E-state index contributed by atoms with van der Waals surface area (Å²) in [6.07, 6.45) is 1.58. The molecule has 0 spiro atoms. The first kappa shape index (κ1) is 13.1. The van der Waals surface area contributed by atoms with E-state index in [0.717, 1.165) is 6.07 Å². The quantitative estimate of drug-likeness (QED) is 0.832. The van der Waals surface area contributed by atoms with Crippen LogP contribution in [0.25, 0.3) is 0 Å². The van der Waals surface area contributed by atoms with E-state index < -0.39 is 5.82 Å². The lowest BCUT2D eigenvalue weighted by atomic mass is 10.1. The Labute approximate surface area is 109 Å². The van der Waals surface area contributed by atoms with Crippen LogP contribution in [0.3, 0.4) is 0 Å². The van der Waals surface area contributed by atoms with Crippen LogP contribution >= 0.6 is 0 Å². The zero-order valence-electron chi connectivity index (χ0n) is 10.6. The maximum atomic E-state index is 13.0. The number of nitrogens with one attached hydrogen (secondary N) is 1. The van der Waals surface area contributed by atoms with Gasteiger partial charge in [-0.1, -0.05) is 0 Å². The molecular formula is C13H14FN3O2. The summed E-state index contributed by atoms with van der Waals surface area (Å²) in [5.41, 5.74) is 5.64. The molecule has 2 rings (SSSR count). The van der Waals surface area contributed by atoms with Gasteiger partial charge in [-0.25, -0.2) is 9.37 Å². The highest BCUT2D eigenvalue weighted by atomic mass is 19.1. The minimum Gasteiger partial charge on any atom is -0.444 e. The fourth-order valence-corrected chi connectivity index (χ4v) is 1.60. The number of anilines is 1. The van der Waals surface area contributed by atoms with E-state index in [-0.39, 0.29) is 23.2 Å². The van der Waals surface area contributed by atoms with E-state index in [1.54, 1.807) is 20.0 Å². The first-order valence-corrected chi connectivity index (χ1v) is 5.75. The molecule has 2 aromatic rings. The fraction of sp³-hybridized carbons (Fsp3) is 0.231. The molecule has 0 aliphatic heterocycles. The minimum absolute atomic E-state index is 0.0627. The Balaban J connectivity index is 2.10. The van der Waals surface area contributed by atoms with Crippen molar-refractivity contribution in [2.45, 2.75) is 19.9 Å². The molecule has 100 valence electrons. The molecule has 0 bridgehead atoms. The number of nitrogen functional groups attached to an aromatic ring is 1. The van der Waals surface area contributed by atoms with Gasteiger partial charge in [-0.2, -0.15) is 0 Å². The first-order valence-electron chi connectivity index (χ1n) is 5.75. The van der Waals surface area contributed by atoms with Crippen LogP contribution in [0.15, 0.2) is 28.8 Å². The van der Waals surface area contributed by atoms with Crippen molar-refractivity contribution < 1.29 is 13.6 Å². The van der Waals surface area contributed by atoms with Crippen molar-refractivity contribution in [3.63, 3.8) is 0 Å². The van der Waals surface area contributed by atoms with Gasteiger partial charge in [0.15, 0.2) is 0 Å². The molecule has 0 aliphatic rings. The number of aryl methyl sites for hydroxylation is 1. The SMILES string of the molecule is Cc1cnc(C(C)NC(=O)c2ccc(F)c(N)c2)o1. The van der Waals surface area contributed by atoms with E-state index in [2.05, 4.69) is 10.3 Å². The predicted octanol–water partition coefficient (Wildman–Crippen LogP) is 2.20. The molecule has 1 aromatic heterocycles. The lowest BCUT2D eigenvalue weighted by Crippen LogP contribution is -2.27. The predicted molar refractivity (Wildman–Crippen MR) is 67.9 cm³/mol. The molecule has 3 N–H and O–H groups in total. The van der Waals surface area contributed by atoms with Crippen molar-refractivity contribution in [1.82, 2.24) is 10.3 Å². The Bertz CT molecular complexity index is 610. The Morgan fingerprint density at radius 1 is 1.53 bits per heavy atom. The lowest BCUT2D eigenvalue weighted by Gasteiger charge is -2.10. The standard InChI is InChI=1S/C13H14FN3O2/c1-7-6-16-13(19-7)8(2)17-12(18)9-3-4-10(14)11(15)5-9/h3-6,8H,15H2,1-2H3,(H,17,18). The third-order valence-corrected chi connectivity index (χ3v) is 2.62. The molecule has 1 aromatic carbocycles. The number of halogens is 1. The molecule has 0 fully saturated rings. The summed E-state index contributed by atoms with van der Waals surface area (Å²) in [6.45, 7) is 3.52. The normalized spacial score (nSPS) is 12.2. The van der Waals surface area contributed by atoms with Crippen molar-refractivity contribution in [2.75, 3.05) is 5.73 Å². The third kappa shape index (κ3) is 2.90. The second-order valence-corrected chi connectivity index (χ2v) is 4.24. The second kappa shape index (κ2) is 5.09. The number of rotatable bonds is 3. The summed E-state index contributed by atoms with van der Waals surface area (Å²) in [6, 6.07) is 3.43. The van der Waals surface area contributed by atoms with E-state index in [1.165, 1.54) is 12.1 Å². The number of benzene rings is 1. The van der Waals surface area contributed by atoms with Gasteiger partial charge in [0.25, 0.3) is 5.91 Å². The van der Waals surface area contributed by atoms with Crippen molar-refractivity contribution >= 4 is 11.6 Å². The number of nitrogens with zero attached hydrogens (tertiary/aromatic N) is 1. The highest BCUT2D eigenvalue weighted by molar-refractivity contribution is 5.95. The fourth-order valence-electron chi connectivity index (χ4n) is 1.60. The van der Waals surface area contributed by atoms with E-state index in [1.807, 2.05) is 0 Å². The molecule has 19 heavy (non-hydrogen) atoms. The van der Waals surface area contributed by atoms with Gasteiger partial charge >= 0.3 is 0 Å². The Hall–Kier alpha value is -2.37. The van der Waals surface area contributed by atoms with Crippen LogP contribution in [0.1, 0.15) is 35.0 Å². The third-order valence-electron chi connectivity index (χ3n) is 2.62. The van der Waals surface area contributed by atoms with Gasteiger partial charge in [0.05, 0.1) is 11.9 Å². The van der Waals surface area contributed by atoms with Gasteiger partial charge in [-0.15, -0.1) is 0 Å². The summed E-state index contributed by atoms with van der Waals surface area (Å²) in [7, 11) is 0. The van der Waals surface area contributed by atoms with Crippen molar-refractivity contribution in [3.05, 3.63) is 47.4 Å². The monoisotopic (exact) mass is 263 g/mol. The van der Waals surface area contributed by atoms with Crippen molar-refractivity contribution in [1.29, 1.82) is 0 Å². The average Bonchev–Trinajstić information content (AvgIpc) is 2.79. The number of carbonyl (C=O) groups excluding carboxylic acids is 1. The number of aromatic nitrogens is 1. The molecule has 6 heteroatoms. The van der Waals surface area contributed by atoms with Crippen LogP contribution in [0, 0.1) is 12.7 Å². The maximum absolute atomic E-state index is 13.0. The number of nitrogens with two attached hydrogens (primary N) is 1. The van der Waals surface area contributed by atoms with Gasteiger partial charge in [0, 0.05) is 5.56 Å². The molecule has 1 amide bonds. The highest BCUT2D eigenvalue weighted by Crippen LogP contribution is 2.15. The number of hydrogen-bond acceptors (Lipinski definition) is 4. The molecule has 1 heterocycles. The van der Waals surface area contributed by atoms with Crippen LogP contribution in [0.2, 0.25) is 0 Å². The van der Waals surface area contributed by atoms with Crippen LogP contribution in [0.4, 0.5) is 10.1 Å². The number of oxazole rings is 1. The number of carbonyl (C=O) groups is 1. The van der Waals surface area contributed by atoms with Crippen LogP contribution in [0.5, 0.6) is 0 Å². The Morgan fingerprint density at radius 2 is 2.26 bits per heavy atom. The van der Waals surface area contributed by atoms with Gasteiger partial charge in [0.2, 0.25) is 5.89 Å².